The van der Waals surface area contributed by atoms with Gasteiger partial charge < -0.3 is 10.1 Å². The zero-order valence-electron chi connectivity index (χ0n) is 9.37. The molecular formula is C12H16N2O. The van der Waals surface area contributed by atoms with Gasteiger partial charge in [-0.3, -0.25) is 0 Å². The molecule has 0 aliphatic carbocycles. The van der Waals surface area contributed by atoms with E-state index in [-0.39, 0.29) is 6.10 Å². The van der Waals surface area contributed by atoms with E-state index in [0.29, 0.717) is 12.1 Å². The fourth-order valence-corrected chi connectivity index (χ4v) is 1.32. The summed E-state index contributed by atoms with van der Waals surface area (Å²) in [6.07, 6.45) is 0.135. The fourth-order valence-electron chi connectivity index (χ4n) is 1.32. The molecule has 0 bridgehead atoms. The third-order valence-electron chi connectivity index (χ3n) is 2.36. The molecule has 15 heavy (non-hydrogen) atoms. The number of nitriles is 1. The molecule has 1 aromatic carbocycles. The van der Waals surface area contributed by atoms with Crippen LogP contribution in [0.4, 0.5) is 5.69 Å². The summed E-state index contributed by atoms with van der Waals surface area (Å²) in [4.78, 5) is 0. The van der Waals surface area contributed by atoms with Crippen LogP contribution in [-0.2, 0) is 4.74 Å². The molecule has 0 fully saturated rings. The summed E-state index contributed by atoms with van der Waals surface area (Å²) in [7, 11) is 1.68. The number of ether oxygens (including phenoxy) is 1. The molecular weight excluding hydrogens is 188 g/mol. The van der Waals surface area contributed by atoms with Crippen LogP contribution in [0, 0.1) is 18.3 Å². The lowest BCUT2D eigenvalue weighted by Gasteiger charge is -2.14. The van der Waals surface area contributed by atoms with Crippen LogP contribution in [0.2, 0.25) is 0 Å². The molecule has 0 saturated carbocycles. The third kappa shape index (κ3) is 2.97. The van der Waals surface area contributed by atoms with Crippen LogP contribution in [-0.4, -0.2) is 19.8 Å². The van der Waals surface area contributed by atoms with Crippen LogP contribution in [0.3, 0.4) is 0 Å². The summed E-state index contributed by atoms with van der Waals surface area (Å²) in [5, 5.41) is 12.2. The maximum absolute atomic E-state index is 8.94. The number of nitrogens with zero attached hydrogens (tertiary/aromatic N) is 1. The lowest BCUT2D eigenvalue weighted by Crippen LogP contribution is -2.19. The largest absolute Gasteiger partial charge is 0.381 e. The van der Waals surface area contributed by atoms with Crippen molar-refractivity contribution in [3.8, 4) is 6.07 Å². The summed E-state index contributed by atoms with van der Waals surface area (Å²) < 4.78 is 5.14. The number of rotatable bonds is 4. The summed E-state index contributed by atoms with van der Waals surface area (Å²) in [5.74, 6) is 0. The molecule has 1 N–H and O–H groups in total. The highest BCUT2D eigenvalue weighted by Gasteiger charge is 2.06. The molecule has 3 nitrogen and oxygen atoms in total. The van der Waals surface area contributed by atoms with E-state index in [9.17, 15) is 0 Å². The Bertz CT molecular complexity index is 368. The van der Waals surface area contributed by atoms with E-state index < -0.39 is 0 Å². The van der Waals surface area contributed by atoms with Gasteiger partial charge in [-0.15, -0.1) is 0 Å². The van der Waals surface area contributed by atoms with Crippen molar-refractivity contribution in [2.24, 2.45) is 0 Å². The van der Waals surface area contributed by atoms with Crippen molar-refractivity contribution < 1.29 is 4.74 Å². The van der Waals surface area contributed by atoms with Gasteiger partial charge in [-0.1, -0.05) is 12.1 Å². The van der Waals surface area contributed by atoms with Gasteiger partial charge in [0.05, 0.1) is 17.4 Å². The second-order valence-electron chi connectivity index (χ2n) is 3.54. The van der Waals surface area contributed by atoms with Crippen LogP contribution >= 0.6 is 0 Å². The van der Waals surface area contributed by atoms with E-state index >= 15 is 0 Å². The Morgan fingerprint density at radius 3 is 2.87 bits per heavy atom. The maximum Gasteiger partial charge on any atom is 0.101 e. The minimum absolute atomic E-state index is 0.135. The normalized spacial score (nSPS) is 11.9. The van der Waals surface area contributed by atoms with Crippen molar-refractivity contribution in [2.45, 2.75) is 20.0 Å². The molecule has 0 amide bonds. The average molecular weight is 204 g/mol. The van der Waals surface area contributed by atoms with Gasteiger partial charge in [0.15, 0.2) is 0 Å². The molecule has 1 rings (SSSR count). The number of aryl methyl sites for hydroxylation is 1. The summed E-state index contributed by atoms with van der Waals surface area (Å²) in [6.45, 7) is 4.67. The zero-order valence-corrected chi connectivity index (χ0v) is 9.37. The van der Waals surface area contributed by atoms with Gasteiger partial charge in [-0.25, -0.2) is 0 Å². The standard InChI is InChI=1S/C12H16N2O/c1-9-5-4-6-11(7-13)12(9)14-8-10(2)15-3/h4-6,10,14H,8H2,1-3H3. The number of methoxy groups -OCH3 is 1. The molecule has 0 spiro atoms. The van der Waals surface area contributed by atoms with Crippen LogP contribution in [0.1, 0.15) is 18.1 Å². The lowest BCUT2D eigenvalue weighted by atomic mass is 10.1. The predicted octanol–water partition coefficient (Wildman–Crippen LogP) is 2.31. The van der Waals surface area contributed by atoms with Gasteiger partial charge in [0.1, 0.15) is 6.07 Å². The molecule has 0 aromatic heterocycles. The van der Waals surface area contributed by atoms with Crippen molar-refractivity contribution in [3.05, 3.63) is 29.3 Å². The van der Waals surface area contributed by atoms with E-state index in [2.05, 4.69) is 11.4 Å². The topological polar surface area (TPSA) is 45.0 Å². The van der Waals surface area contributed by atoms with Crippen molar-refractivity contribution >= 4 is 5.69 Å². The number of para-hydroxylation sites is 1. The molecule has 3 heteroatoms. The van der Waals surface area contributed by atoms with Crippen molar-refractivity contribution in [1.82, 2.24) is 0 Å². The van der Waals surface area contributed by atoms with Gasteiger partial charge in [0.25, 0.3) is 0 Å². The molecule has 80 valence electrons. The Hall–Kier alpha value is -1.53. The molecule has 0 saturated heterocycles. The molecule has 0 radical (unpaired) electrons. The van der Waals surface area contributed by atoms with E-state index in [1.165, 1.54) is 0 Å². The smallest absolute Gasteiger partial charge is 0.101 e. The molecule has 1 unspecified atom stereocenters. The first-order valence-corrected chi connectivity index (χ1v) is 4.95. The Kier molecular flexibility index (Phi) is 4.14. The van der Waals surface area contributed by atoms with Gasteiger partial charge in [0, 0.05) is 13.7 Å². The second kappa shape index (κ2) is 5.38. The predicted molar refractivity (Wildman–Crippen MR) is 60.9 cm³/mol. The number of anilines is 1. The second-order valence-corrected chi connectivity index (χ2v) is 3.54. The highest BCUT2D eigenvalue weighted by molar-refractivity contribution is 5.62. The summed E-state index contributed by atoms with van der Waals surface area (Å²) in [6, 6.07) is 7.86. The number of benzene rings is 1. The van der Waals surface area contributed by atoms with Gasteiger partial charge in [-0.2, -0.15) is 5.26 Å². The van der Waals surface area contributed by atoms with Crippen molar-refractivity contribution in [1.29, 1.82) is 5.26 Å². The molecule has 0 aliphatic rings. The summed E-state index contributed by atoms with van der Waals surface area (Å²) >= 11 is 0. The van der Waals surface area contributed by atoms with Crippen molar-refractivity contribution in [3.63, 3.8) is 0 Å². The highest BCUT2D eigenvalue weighted by Crippen LogP contribution is 2.19. The van der Waals surface area contributed by atoms with Gasteiger partial charge in [-0.05, 0) is 25.5 Å². The first-order chi connectivity index (χ1) is 7.19. The quantitative estimate of drug-likeness (QED) is 0.818. The van der Waals surface area contributed by atoms with Crippen molar-refractivity contribution in [2.75, 3.05) is 19.0 Å². The van der Waals surface area contributed by atoms with E-state index in [1.54, 1.807) is 7.11 Å². The van der Waals surface area contributed by atoms with Crippen LogP contribution in [0.15, 0.2) is 18.2 Å². The van der Waals surface area contributed by atoms with E-state index in [4.69, 9.17) is 10.00 Å². The summed E-state index contributed by atoms with van der Waals surface area (Å²) in [5.41, 5.74) is 2.67. The van der Waals surface area contributed by atoms with Crippen LogP contribution in [0.5, 0.6) is 0 Å². The van der Waals surface area contributed by atoms with Crippen LogP contribution in [0.25, 0.3) is 0 Å². The Morgan fingerprint density at radius 2 is 2.27 bits per heavy atom. The maximum atomic E-state index is 8.94. The molecule has 1 aromatic rings. The first kappa shape index (κ1) is 11.5. The number of hydrogen-bond donors (Lipinski definition) is 1. The molecule has 0 heterocycles. The lowest BCUT2D eigenvalue weighted by molar-refractivity contribution is 0.129. The monoisotopic (exact) mass is 204 g/mol. The number of nitrogens with one attached hydrogen (secondary N) is 1. The first-order valence-electron chi connectivity index (χ1n) is 4.95. The Labute approximate surface area is 90.7 Å². The van der Waals surface area contributed by atoms with Gasteiger partial charge in [0.2, 0.25) is 0 Å². The van der Waals surface area contributed by atoms with E-state index in [0.717, 1.165) is 11.3 Å². The van der Waals surface area contributed by atoms with E-state index in [1.807, 2.05) is 32.0 Å². The molecule has 1 atom stereocenters. The third-order valence-corrected chi connectivity index (χ3v) is 2.36. The fraction of sp³-hybridized carbons (Fsp3) is 0.417. The molecule has 0 aliphatic heterocycles. The Morgan fingerprint density at radius 1 is 1.53 bits per heavy atom. The van der Waals surface area contributed by atoms with Gasteiger partial charge >= 0.3 is 0 Å². The number of hydrogen-bond acceptors (Lipinski definition) is 3. The average Bonchev–Trinajstić information content (AvgIpc) is 2.26. The Balaban J connectivity index is 2.80. The highest BCUT2D eigenvalue weighted by atomic mass is 16.5. The minimum atomic E-state index is 0.135. The SMILES string of the molecule is COC(C)CNc1c(C)cccc1C#N. The zero-order chi connectivity index (χ0) is 11.3. The van der Waals surface area contributed by atoms with Crippen LogP contribution < -0.4 is 5.32 Å². The minimum Gasteiger partial charge on any atom is -0.381 e.